The Labute approximate surface area is 121 Å². The molecule has 1 atom stereocenters. The van der Waals surface area contributed by atoms with Gasteiger partial charge in [0.1, 0.15) is 5.75 Å². The maximum absolute atomic E-state index is 12.1. The molecule has 0 aromatic heterocycles. The Morgan fingerprint density at radius 1 is 1.45 bits per heavy atom. The molecule has 2 rings (SSSR count). The number of nitrogens with one attached hydrogen (secondary N) is 1. The normalized spacial score (nSPS) is 18.9. The van der Waals surface area contributed by atoms with Crippen LogP contribution in [0.1, 0.15) is 24.5 Å². The van der Waals surface area contributed by atoms with Crippen LogP contribution in [0.5, 0.6) is 5.75 Å². The largest absolute Gasteiger partial charge is 0.493 e. The molecule has 0 bridgehead atoms. The Kier molecular flexibility index (Phi) is 5.01. The third-order valence-electron chi connectivity index (χ3n) is 3.85. The minimum absolute atomic E-state index is 0.184. The molecule has 1 unspecified atom stereocenters. The van der Waals surface area contributed by atoms with Gasteiger partial charge in [0, 0.05) is 25.7 Å². The van der Waals surface area contributed by atoms with Gasteiger partial charge in [-0.2, -0.15) is 0 Å². The zero-order valence-electron chi connectivity index (χ0n) is 12.6. The van der Waals surface area contributed by atoms with Crippen molar-refractivity contribution in [1.29, 1.82) is 0 Å². The van der Waals surface area contributed by atoms with E-state index in [2.05, 4.69) is 25.2 Å². The van der Waals surface area contributed by atoms with E-state index in [0.29, 0.717) is 19.1 Å². The fraction of sp³-hybridized carbons (Fsp3) is 0.562. The maximum Gasteiger partial charge on any atom is 0.226 e. The fourth-order valence-electron chi connectivity index (χ4n) is 2.45. The molecule has 110 valence electrons. The maximum atomic E-state index is 12.1. The van der Waals surface area contributed by atoms with Crippen molar-refractivity contribution in [3.05, 3.63) is 29.3 Å². The lowest BCUT2D eigenvalue weighted by molar-refractivity contribution is -0.132. The van der Waals surface area contributed by atoms with Crippen molar-refractivity contribution >= 4 is 5.91 Å². The number of hydrogen-bond acceptors (Lipinski definition) is 3. The molecule has 1 amide bonds. The van der Waals surface area contributed by atoms with Crippen LogP contribution in [0.2, 0.25) is 0 Å². The highest BCUT2D eigenvalue weighted by Gasteiger charge is 2.20. The van der Waals surface area contributed by atoms with Gasteiger partial charge in [0.05, 0.1) is 13.0 Å². The van der Waals surface area contributed by atoms with Crippen molar-refractivity contribution in [3.63, 3.8) is 0 Å². The molecule has 20 heavy (non-hydrogen) atoms. The molecule has 1 heterocycles. The number of hydrogen-bond donors (Lipinski definition) is 1. The van der Waals surface area contributed by atoms with Crippen LogP contribution in [0.3, 0.4) is 0 Å². The van der Waals surface area contributed by atoms with Crippen LogP contribution in [0, 0.1) is 13.8 Å². The second kappa shape index (κ2) is 6.75. The Hall–Kier alpha value is -1.55. The molecule has 0 radical (unpaired) electrons. The molecule has 0 saturated carbocycles. The van der Waals surface area contributed by atoms with Gasteiger partial charge >= 0.3 is 0 Å². The number of amides is 1. The van der Waals surface area contributed by atoms with Gasteiger partial charge in [0.15, 0.2) is 0 Å². The minimum Gasteiger partial charge on any atom is -0.493 e. The standard InChI is InChI=1S/C16H24N2O2/c1-12-5-4-6-15(14(12)3)20-10-7-16(19)18-9-8-17-13(2)11-18/h4-6,13,17H,7-11H2,1-3H3. The number of nitrogens with zero attached hydrogens (tertiary/aromatic N) is 1. The summed E-state index contributed by atoms with van der Waals surface area (Å²) in [4.78, 5) is 14.0. The summed E-state index contributed by atoms with van der Waals surface area (Å²) in [6, 6.07) is 6.39. The zero-order chi connectivity index (χ0) is 14.5. The highest BCUT2D eigenvalue weighted by Crippen LogP contribution is 2.20. The van der Waals surface area contributed by atoms with E-state index in [-0.39, 0.29) is 5.91 Å². The molecular formula is C16H24N2O2. The van der Waals surface area contributed by atoms with Crippen LogP contribution < -0.4 is 10.1 Å². The van der Waals surface area contributed by atoms with Crippen LogP contribution >= 0.6 is 0 Å². The smallest absolute Gasteiger partial charge is 0.226 e. The van der Waals surface area contributed by atoms with Crippen molar-refractivity contribution in [1.82, 2.24) is 10.2 Å². The zero-order valence-corrected chi connectivity index (χ0v) is 12.6. The summed E-state index contributed by atoms with van der Waals surface area (Å²) < 4.78 is 5.74. The molecule has 1 aliphatic rings. The number of carbonyl (C=O) groups excluding carboxylic acids is 1. The third-order valence-corrected chi connectivity index (χ3v) is 3.85. The van der Waals surface area contributed by atoms with Gasteiger partial charge in [0.2, 0.25) is 5.91 Å². The Morgan fingerprint density at radius 3 is 3.00 bits per heavy atom. The van der Waals surface area contributed by atoms with E-state index in [9.17, 15) is 4.79 Å². The first-order valence-electron chi connectivity index (χ1n) is 7.28. The third kappa shape index (κ3) is 3.73. The Balaban J connectivity index is 1.80. The molecule has 4 heteroatoms. The fourth-order valence-corrected chi connectivity index (χ4v) is 2.45. The van der Waals surface area contributed by atoms with E-state index >= 15 is 0 Å². The van der Waals surface area contributed by atoms with E-state index in [1.807, 2.05) is 24.0 Å². The topological polar surface area (TPSA) is 41.6 Å². The summed E-state index contributed by atoms with van der Waals surface area (Å²) in [7, 11) is 0. The summed E-state index contributed by atoms with van der Waals surface area (Å²) in [5.41, 5.74) is 2.36. The first-order chi connectivity index (χ1) is 9.58. The van der Waals surface area contributed by atoms with Crippen molar-refractivity contribution in [3.8, 4) is 5.75 Å². The average molecular weight is 276 g/mol. The van der Waals surface area contributed by atoms with Crippen LogP contribution in [0.25, 0.3) is 0 Å². The number of rotatable bonds is 4. The van der Waals surface area contributed by atoms with Gasteiger partial charge in [-0.1, -0.05) is 12.1 Å². The minimum atomic E-state index is 0.184. The van der Waals surface area contributed by atoms with Gasteiger partial charge in [0.25, 0.3) is 0 Å². The van der Waals surface area contributed by atoms with Gasteiger partial charge in [-0.3, -0.25) is 4.79 Å². The molecule has 0 aliphatic carbocycles. The second-order valence-corrected chi connectivity index (χ2v) is 5.49. The Morgan fingerprint density at radius 2 is 2.25 bits per heavy atom. The highest BCUT2D eigenvalue weighted by molar-refractivity contribution is 5.76. The SMILES string of the molecule is Cc1cccc(OCCC(=O)N2CCNC(C)C2)c1C. The van der Waals surface area contributed by atoms with Crippen molar-refractivity contribution in [2.75, 3.05) is 26.2 Å². The second-order valence-electron chi connectivity index (χ2n) is 5.49. The molecule has 1 fully saturated rings. The first kappa shape index (κ1) is 14.9. The average Bonchev–Trinajstić information content (AvgIpc) is 2.43. The summed E-state index contributed by atoms with van der Waals surface area (Å²) in [6.07, 6.45) is 0.445. The van der Waals surface area contributed by atoms with Crippen LogP contribution in [-0.4, -0.2) is 43.1 Å². The predicted molar refractivity (Wildman–Crippen MR) is 80.1 cm³/mol. The van der Waals surface area contributed by atoms with Gasteiger partial charge < -0.3 is 15.0 Å². The quantitative estimate of drug-likeness (QED) is 0.913. The molecule has 1 aromatic carbocycles. The lowest BCUT2D eigenvalue weighted by Crippen LogP contribution is -2.51. The Bertz CT molecular complexity index is 474. The monoisotopic (exact) mass is 276 g/mol. The molecular weight excluding hydrogens is 252 g/mol. The number of aryl methyl sites for hydroxylation is 1. The van der Waals surface area contributed by atoms with E-state index in [1.165, 1.54) is 5.56 Å². The molecule has 1 aliphatic heterocycles. The van der Waals surface area contributed by atoms with Gasteiger partial charge in [-0.25, -0.2) is 0 Å². The number of piperazine rings is 1. The van der Waals surface area contributed by atoms with E-state index in [4.69, 9.17) is 4.74 Å². The first-order valence-corrected chi connectivity index (χ1v) is 7.28. The lowest BCUT2D eigenvalue weighted by atomic mass is 10.1. The van der Waals surface area contributed by atoms with E-state index in [1.54, 1.807) is 0 Å². The van der Waals surface area contributed by atoms with Crippen molar-refractivity contribution in [2.45, 2.75) is 33.2 Å². The van der Waals surface area contributed by atoms with Crippen molar-refractivity contribution < 1.29 is 9.53 Å². The van der Waals surface area contributed by atoms with Crippen LogP contribution in [-0.2, 0) is 4.79 Å². The van der Waals surface area contributed by atoms with Crippen LogP contribution in [0.15, 0.2) is 18.2 Å². The lowest BCUT2D eigenvalue weighted by Gasteiger charge is -2.32. The summed E-state index contributed by atoms with van der Waals surface area (Å²) in [6.45, 7) is 9.13. The summed E-state index contributed by atoms with van der Waals surface area (Å²) in [5.74, 6) is 1.06. The summed E-state index contributed by atoms with van der Waals surface area (Å²) in [5, 5.41) is 3.34. The van der Waals surface area contributed by atoms with E-state index < -0.39 is 0 Å². The van der Waals surface area contributed by atoms with E-state index in [0.717, 1.165) is 30.9 Å². The van der Waals surface area contributed by atoms with Crippen LogP contribution in [0.4, 0.5) is 0 Å². The molecule has 1 saturated heterocycles. The van der Waals surface area contributed by atoms with Crippen molar-refractivity contribution in [2.24, 2.45) is 0 Å². The molecule has 1 aromatic rings. The number of benzene rings is 1. The number of carbonyl (C=O) groups is 1. The predicted octanol–water partition coefficient (Wildman–Crippen LogP) is 1.89. The summed E-state index contributed by atoms with van der Waals surface area (Å²) >= 11 is 0. The van der Waals surface area contributed by atoms with Gasteiger partial charge in [-0.15, -0.1) is 0 Å². The molecule has 4 nitrogen and oxygen atoms in total. The highest BCUT2D eigenvalue weighted by atomic mass is 16.5. The number of ether oxygens (including phenoxy) is 1. The molecule has 0 spiro atoms. The van der Waals surface area contributed by atoms with Gasteiger partial charge in [-0.05, 0) is 38.0 Å². The molecule has 1 N–H and O–H groups in total.